The van der Waals surface area contributed by atoms with Gasteiger partial charge in [0, 0.05) is 12.4 Å². The van der Waals surface area contributed by atoms with E-state index in [9.17, 15) is 4.39 Å². The molecule has 0 aliphatic carbocycles. The molecule has 1 aromatic rings. The van der Waals surface area contributed by atoms with Gasteiger partial charge < -0.3 is 9.84 Å². The van der Waals surface area contributed by atoms with Crippen molar-refractivity contribution in [3.05, 3.63) is 30.1 Å². The van der Waals surface area contributed by atoms with Gasteiger partial charge in [-0.3, -0.25) is 0 Å². The van der Waals surface area contributed by atoms with Gasteiger partial charge in [0.2, 0.25) is 0 Å². The molecule has 16 heavy (non-hydrogen) atoms. The Kier molecular flexibility index (Phi) is 6.26. The summed E-state index contributed by atoms with van der Waals surface area (Å²) in [5.74, 6) is 1.99. The van der Waals surface area contributed by atoms with Gasteiger partial charge in [0.25, 0.3) is 0 Å². The van der Waals surface area contributed by atoms with Gasteiger partial charge in [-0.25, -0.2) is 4.39 Å². The van der Waals surface area contributed by atoms with Gasteiger partial charge in [-0.15, -0.1) is 0 Å². The first-order chi connectivity index (χ1) is 7.74. The number of hydrogen-bond acceptors (Lipinski definition) is 3. The Labute approximate surface area is 99.8 Å². The zero-order chi connectivity index (χ0) is 11.8. The van der Waals surface area contributed by atoms with Crippen molar-refractivity contribution in [1.82, 2.24) is 0 Å². The van der Waals surface area contributed by atoms with Crippen molar-refractivity contribution in [2.24, 2.45) is 5.92 Å². The summed E-state index contributed by atoms with van der Waals surface area (Å²) in [6, 6.07) is 6.39. The predicted molar refractivity (Wildman–Crippen MR) is 65.5 cm³/mol. The highest BCUT2D eigenvalue weighted by Gasteiger charge is 2.02. The van der Waals surface area contributed by atoms with Crippen molar-refractivity contribution in [1.29, 1.82) is 0 Å². The third kappa shape index (κ3) is 4.86. The maximum absolute atomic E-state index is 13.1. The van der Waals surface area contributed by atoms with Crippen LogP contribution in [0.1, 0.15) is 6.92 Å². The van der Waals surface area contributed by atoms with E-state index < -0.39 is 0 Å². The van der Waals surface area contributed by atoms with E-state index in [0.717, 1.165) is 11.5 Å². The maximum Gasteiger partial charge on any atom is 0.165 e. The molecule has 0 radical (unpaired) electrons. The first kappa shape index (κ1) is 13.3. The lowest BCUT2D eigenvalue weighted by molar-refractivity contribution is 0.250. The van der Waals surface area contributed by atoms with Crippen LogP contribution < -0.4 is 4.74 Å². The van der Waals surface area contributed by atoms with Gasteiger partial charge in [-0.2, -0.15) is 11.8 Å². The topological polar surface area (TPSA) is 29.5 Å². The lowest BCUT2D eigenvalue weighted by Gasteiger charge is -2.08. The predicted octanol–water partition coefficient (Wildman–Crippen LogP) is 2.57. The number of benzene rings is 1. The van der Waals surface area contributed by atoms with Gasteiger partial charge in [-0.05, 0) is 23.8 Å². The zero-order valence-electron chi connectivity index (χ0n) is 9.36. The van der Waals surface area contributed by atoms with Crippen LogP contribution in [0.25, 0.3) is 0 Å². The first-order valence-electron chi connectivity index (χ1n) is 5.30. The van der Waals surface area contributed by atoms with Crippen LogP contribution in [-0.4, -0.2) is 29.8 Å². The maximum atomic E-state index is 13.1. The average Bonchev–Trinajstić information content (AvgIpc) is 2.30. The van der Waals surface area contributed by atoms with Crippen molar-refractivity contribution < 1.29 is 14.2 Å². The van der Waals surface area contributed by atoms with Crippen LogP contribution in [0.15, 0.2) is 24.3 Å². The Morgan fingerprint density at radius 1 is 1.44 bits per heavy atom. The van der Waals surface area contributed by atoms with E-state index in [0.29, 0.717) is 18.3 Å². The van der Waals surface area contributed by atoms with E-state index in [2.05, 4.69) is 0 Å². The van der Waals surface area contributed by atoms with Gasteiger partial charge in [-0.1, -0.05) is 19.1 Å². The fourth-order valence-corrected chi connectivity index (χ4v) is 1.99. The second-order valence-electron chi connectivity index (χ2n) is 3.64. The highest BCUT2D eigenvalue weighted by molar-refractivity contribution is 7.99. The number of hydrogen-bond donors (Lipinski definition) is 1. The Hall–Kier alpha value is -0.740. The molecule has 0 spiro atoms. The number of halogens is 1. The molecular weight excluding hydrogens is 227 g/mol. The Bertz CT molecular complexity index is 307. The fourth-order valence-electron chi connectivity index (χ4n) is 1.11. The van der Waals surface area contributed by atoms with Crippen molar-refractivity contribution >= 4 is 11.8 Å². The van der Waals surface area contributed by atoms with Gasteiger partial charge in [0.05, 0.1) is 6.61 Å². The summed E-state index contributed by atoms with van der Waals surface area (Å²) in [5, 5.41) is 8.81. The SMILES string of the molecule is CC(CO)CSCCOc1ccccc1F. The van der Waals surface area contributed by atoms with Crippen LogP contribution in [0.2, 0.25) is 0 Å². The van der Waals surface area contributed by atoms with Crippen LogP contribution in [0, 0.1) is 11.7 Å². The van der Waals surface area contributed by atoms with Crippen LogP contribution in [-0.2, 0) is 0 Å². The van der Waals surface area contributed by atoms with E-state index in [1.54, 1.807) is 30.0 Å². The minimum atomic E-state index is -0.323. The van der Waals surface area contributed by atoms with Gasteiger partial charge in [0.1, 0.15) is 0 Å². The molecule has 0 saturated heterocycles. The van der Waals surface area contributed by atoms with E-state index >= 15 is 0 Å². The molecule has 2 nitrogen and oxygen atoms in total. The van der Waals surface area contributed by atoms with Gasteiger partial charge >= 0.3 is 0 Å². The number of thioether (sulfide) groups is 1. The normalized spacial score (nSPS) is 12.4. The molecule has 90 valence electrons. The van der Waals surface area contributed by atoms with Crippen molar-refractivity contribution in [3.63, 3.8) is 0 Å². The molecule has 0 saturated carbocycles. The molecule has 0 aliphatic heterocycles. The smallest absolute Gasteiger partial charge is 0.165 e. The van der Waals surface area contributed by atoms with Crippen molar-refractivity contribution in [2.75, 3.05) is 24.7 Å². The van der Waals surface area contributed by atoms with E-state index in [1.165, 1.54) is 6.07 Å². The summed E-state index contributed by atoms with van der Waals surface area (Å²) in [5.41, 5.74) is 0. The van der Waals surface area contributed by atoms with Crippen LogP contribution in [0.4, 0.5) is 4.39 Å². The van der Waals surface area contributed by atoms with E-state index in [1.807, 2.05) is 6.92 Å². The Morgan fingerprint density at radius 2 is 2.19 bits per heavy atom. The fraction of sp³-hybridized carbons (Fsp3) is 0.500. The molecule has 4 heteroatoms. The average molecular weight is 244 g/mol. The van der Waals surface area contributed by atoms with E-state index in [-0.39, 0.29) is 12.4 Å². The second kappa shape index (κ2) is 7.52. The molecule has 0 heterocycles. The van der Waals surface area contributed by atoms with Crippen LogP contribution >= 0.6 is 11.8 Å². The quantitative estimate of drug-likeness (QED) is 0.747. The molecule has 1 unspecified atom stereocenters. The highest BCUT2D eigenvalue weighted by Crippen LogP contribution is 2.16. The van der Waals surface area contributed by atoms with Crippen molar-refractivity contribution in [3.8, 4) is 5.75 Å². The number of para-hydroxylation sites is 1. The molecule has 0 amide bonds. The van der Waals surface area contributed by atoms with Crippen LogP contribution in [0.3, 0.4) is 0 Å². The molecule has 1 rings (SSSR count). The second-order valence-corrected chi connectivity index (χ2v) is 4.79. The minimum Gasteiger partial charge on any atom is -0.490 e. The number of ether oxygens (including phenoxy) is 1. The standard InChI is InChI=1S/C12H17FO2S/c1-10(8-14)9-16-7-6-15-12-5-3-2-4-11(12)13/h2-5,10,14H,6-9H2,1H3. The lowest BCUT2D eigenvalue weighted by Crippen LogP contribution is -2.07. The molecule has 0 bridgehead atoms. The molecule has 1 aromatic carbocycles. The summed E-state index contributed by atoms with van der Waals surface area (Å²) >= 11 is 1.70. The summed E-state index contributed by atoms with van der Waals surface area (Å²) in [4.78, 5) is 0. The number of rotatable bonds is 7. The Balaban J connectivity index is 2.14. The largest absolute Gasteiger partial charge is 0.490 e. The first-order valence-corrected chi connectivity index (χ1v) is 6.45. The summed E-state index contributed by atoms with van der Waals surface area (Å²) < 4.78 is 18.4. The highest BCUT2D eigenvalue weighted by atomic mass is 32.2. The summed E-state index contributed by atoms with van der Waals surface area (Å²) in [6.07, 6.45) is 0. The summed E-state index contributed by atoms with van der Waals surface area (Å²) in [7, 11) is 0. The molecule has 1 atom stereocenters. The molecule has 1 N–H and O–H groups in total. The molecule has 0 fully saturated rings. The van der Waals surface area contributed by atoms with Gasteiger partial charge in [0.15, 0.2) is 11.6 Å². The minimum absolute atomic E-state index is 0.209. The van der Waals surface area contributed by atoms with E-state index in [4.69, 9.17) is 9.84 Å². The summed E-state index contributed by atoms with van der Waals surface area (Å²) in [6.45, 7) is 2.69. The molecule has 0 aliphatic rings. The van der Waals surface area contributed by atoms with Crippen LogP contribution in [0.5, 0.6) is 5.75 Å². The third-order valence-corrected chi connectivity index (χ3v) is 3.30. The number of aliphatic hydroxyl groups excluding tert-OH is 1. The molecular formula is C12H17FO2S. The Morgan fingerprint density at radius 3 is 2.88 bits per heavy atom. The zero-order valence-corrected chi connectivity index (χ0v) is 10.2. The number of aliphatic hydroxyl groups is 1. The van der Waals surface area contributed by atoms with Crippen molar-refractivity contribution in [2.45, 2.75) is 6.92 Å². The molecule has 0 aromatic heterocycles. The third-order valence-electron chi connectivity index (χ3n) is 2.04. The monoisotopic (exact) mass is 244 g/mol. The lowest BCUT2D eigenvalue weighted by atomic mass is 10.2.